The SMILES string of the molecule is CCCNC(=O)[C@@H](Cc1ccccc1)N(Cc1ccccc1C)C(=O)CN(c1ccc(C)c(Cl)c1)S(C)(=O)=O. The van der Waals surface area contributed by atoms with Crippen LogP contribution in [0.15, 0.2) is 72.8 Å². The fraction of sp³-hybridized carbons (Fsp3) is 0.333. The van der Waals surface area contributed by atoms with Gasteiger partial charge in [-0.2, -0.15) is 0 Å². The van der Waals surface area contributed by atoms with E-state index in [2.05, 4.69) is 5.32 Å². The molecule has 1 atom stereocenters. The maximum atomic E-state index is 14.1. The summed E-state index contributed by atoms with van der Waals surface area (Å²) in [5.74, 6) is -0.778. The van der Waals surface area contributed by atoms with E-state index in [1.165, 1.54) is 11.0 Å². The van der Waals surface area contributed by atoms with Crippen molar-refractivity contribution in [2.75, 3.05) is 23.7 Å². The quantitative estimate of drug-likeness (QED) is 0.336. The standard InChI is InChI=1S/C30H36ClN3O4S/c1-5-17-32-30(36)28(18-24-12-7-6-8-13-24)33(20-25-14-10-9-11-22(25)2)29(35)21-34(39(4,37)38)26-16-15-23(3)27(31)19-26/h6-16,19,28H,5,17-18,20-21H2,1-4H3,(H,32,36)/t28-/m1/s1. The Hall–Kier alpha value is -3.36. The number of nitrogens with zero attached hydrogens (tertiary/aromatic N) is 2. The highest BCUT2D eigenvalue weighted by Gasteiger charge is 2.33. The Morgan fingerprint density at radius 1 is 0.949 bits per heavy atom. The van der Waals surface area contributed by atoms with Gasteiger partial charge in [-0.3, -0.25) is 13.9 Å². The van der Waals surface area contributed by atoms with Gasteiger partial charge < -0.3 is 10.2 Å². The van der Waals surface area contributed by atoms with Crippen LogP contribution in [0.25, 0.3) is 0 Å². The fourth-order valence-corrected chi connectivity index (χ4v) is 5.26. The Morgan fingerprint density at radius 3 is 2.23 bits per heavy atom. The molecule has 0 aliphatic rings. The maximum absolute atomic E-state index is 14.1. The van der Waals surface area contributed by atoms with Crippen molar-refractivity contribution < 1.29 is 18.0 Å². The van der Waals surface area contributed by atoms with Gasteiger partial charge in [-0.1, -0.05) is 79.2 Å². The zero-order chi connectivity index (χ0) is 28.6. The van der Waals surface area contributed by atoms with Crippen LogP contribution < -0.4 is 9.62 Å². The smallest absolute Gasteiger partial charge is 0.244 e. The first-order valence-corrected chi connectivity index (χ1v) is 15.1. The largest absolute Gasteiger partial charge is 0.354 e. The summed E-state index contributed by atoms with van der Waals surface area (Å²) in [6, 6.07) is 21.1. The molecule has 3 rings (SSSR count). The van der Waals surface area contributed by atoms with Gasteiger partial charge in [0.1, 0.15) is 12.6 Å². The first-order chi connectivity index (χ1) is 18.5. The van der Waals surface area contributed by atoms with E-state index in [0.717, 1.165) is 39.2 Å². The van der Waals surface area contributed by atoms with Gasteiger partial charge in [0.25, 0.3) is 0 Å². The molecule has 9 heteroatoms. The summed E-state index contributed by atoms with van der Waals surface area (Å²) in [4.78, 5) is 29.1. The van der Waals surface area contributed by atoms with E-state index in [9.17, 15) is 18.0 Å². The minimum absolute atomic E-state index is 0.148. The number of sulfonamides is 1. The van der Waals surface area contributed by atoms with Gasteiger partial charge in [0.2, 0.25) is 21.8 Å². The molecule has 3 aromatic rings. The second-order valence-electron chi connectivity index (χ2n) is 9.65. The molecule has 2 amide bonds. The third-order valence-electron chi connectivity index (χ3n) is 6.54. The van der Waals surface area contributed by atoms with Crippen LogP contribution >= 0.6 is 11.6 Å². The Kier molecular flexibility index (Phi) is 10.5. The van der Waals surface area contributed by atoms with Crippen molar-refractivity contribution in [2.45, 2.75) is 46.2 Å². The molecule has 0 aliphatic carbocycles. The minimum Gasteiger partial charge on any atom is -0.354 e. The number of amides is 2. The molecule has 3 aromatic carbocycles. The maximum Gasteiger partial charge on any atom is 0.244 e. The molecule has 7 nitrogen and oxygen atoms in total. The van der Waals surface area contributed by atoms with Crippen LogP contribution in [0.2, 0.25) is 5.02 Å². The number of halogens is 1. The third-order valence-corrected chi connectivity index (χ3v) is 8.09. The summed E-state index contributed by atoms with van der Waals surface area (Å²) >= 11 is 6.29. The Labute approximate surface area is 236 Å². The molecule has 0 spiro atoms. The highest BCUT2D eigenvalue weighted by molar-refractivity contribution is 7.92. The summed E-state index contributed by atoms with van der Waals surface area (Å²) in [5, 5.41) is 3.33. The Balaban J connectivity index is 2.06. The van der Waals surface area contributed by atoms with Crippen LogP contribution in [0.4, 0.5) is 5.69 Å². The lowest BCUT2D eigenvalue weighted by Crippen LogP contribution is -2.53. The molecule has 0 saturated carbocycles. The molecular formula is C30H36ClN3O4S. The summed E-state index contributed by atoms with van der Waals surface area (Å²) in [6.07, 6.45) is 2.07. The van der Waals surface area contributed by atoms with Crippen molar-refractivity contribution >= 4 is 39.1 Å². The van der Waals surface area contributed by atoms with Crippen LogP contribution in [0.5, 0.6) is 0 Å². The molecule has 0 unspecified atom stereocenters. The lowest BCUT2D eigenvalue weighted by molar-refractivity contribution is -0.140. The topological polar surface area (TPSA) is 86.8 Å². The van der Waals surface area contributed by atoms with E-state index in [4.69, 9.17) is 11.6 Å². The van der Waals surface area contributed by atoms with Crippen molar-refractivity contribution in [3.63, 3.8) is 0 Å². The zero-order valence-corrected chi connectivity index (χ0v) is 24.4. The second kappa shape index (κ2) is 13.6. The van der Waals surface area contributed by atoms with E-state index in [-0.39, 0.29) is 24.6 Å². The summed E-state index contributed by atoms with van der Waals surface area (Å²) < 4.78 is 26.8. The number of hydrogen-bond donors (Lipinski definition) is 1. The second-order valence-corrected chi connectivity index (χ2v) is 12.0. The van der Waals surface area contributed by atoms with Crippen LogP contribution in [-0.2, 0) is 32.6 Å². The summed E-state index contributed by atoms with van der Waals surface area (Å²) in [6.45, 7) is 5.85. The molecular weight excluding hydrogens is 534 g/mol. The Morgan fingerprint density at radius 2 is 1.62 bits per heavy atom. The first kappa shape index (κ1) is 30.2. The number of carbonyl (C=O) groups excluding carboxylic acids is 2. The fourth-order valence-electron chi connectivity index (χ4n) is 4.24. The van der Waals surface area contributed by atoms with Gasteiger partial charge in [-0.05, 0) is 54.7 Å². The molecule has 0 saturated heterocycles. The average molecular weight is 570 g/mol. The van der Waals surface area contributed by atoms with Gasteiger partial charge in [0.15, 0.2) is 0 Å². The van der Waals surface area contributed by atoms with E-state index in [1.54, 1.807) is 12.1 Å². The molecule has 0 heterocycles. The number of nitrogens with one attached hydrogen (secondary N) is 1. The van der Waals surface area contributed by atoms with Crippen molar-refractivity contribution in [1.29, 1.82) is 0 Å². The van der Waals surface area contributed by atoms with Crippen LogP contribution in [0, 0.1) is 13.8 Å². The number of hydrogen-bond acceptors (Lipinski definition) is 4. The molecule has 208 valence electrons. The third kappa shape index (κ3) is 8.31. The number of carbonyl (C=O) groups is 2. The molecule has 0 fully saturated rings. The van der Waals surface area contributed by atoms with Gasteiger partial charge in [-0.15, -0.1) is 0 Å². The normalized spacial score (nSPS) is 12.0. The highest BCUT2D eigenvalue weighted by atomic mass is 35.5. The summed E-state index contributed by atoms with van der Waals surface area (Å²) in [5.41, 5.74) is 3.80. The highest BCUT2D eigenvalue weighted by Crippen LogP contribution is 2.26. The van der Waals surface area contributed by atoms with Gasteiger partial charge >= 0.3 is 0 Å². The summed E-state index contributed by atoms with van der Waals surface area (Å²) in [7, 11) is -3.85. The predicted octanol–water partition coefficient (Wildman–Crippen LogP) is 4.89. The minimum atomic E-state index is -3.85. The predicted molar refractivity (Wildman–Crippen MR) is 157 cm³/mol. The number of anilines is 1. The lowest BCUT2D eigenvalue weighted by Gasteiger charge is -2.34. The molecule has 39 heavy (non-hydrogen) atoms. The van der Waals surface area contributed by atoms with Gasteiger partial charge in [0.05, 0.1) is 11.9 Å². The van der Waals surface area contributed by atoms with Crippen molar-refractivity contribution in [2.24, 2.45) is 0 Å². The zero-order valence-electron chi connectivity index (χ0n) is 22.9. The van der Waals surface area contributed by atoms with Crippen LogP contribution in [0.3, 0.4) is 0 Å². The number of rotatable bonds is 12. The first-order valence-electron chi connectivity index (χ1n) is 12.9. The lowest BCUT2D eigenvalue weighted by atomic mass is 10.0. The van der Waals surface area contributed by atoms with E-state index < -0.39 is 28.5 Å². The van der Waals surface area contributed by atoms with Crippen molar-refractivity contribution in [1.82, 2.24) is 10.2 Å². The number of aryl methyl sites for hydroxylation is 2. The van der Waals surface area contributed by atoms with E-state index in [1.807, 2.05) is 75.4 Å². The monoisotopic (exact) mass is 569 g/mol. The van der Waals surface area contributed by atoms with E-state index >= 15 is 0 Å². The van der Waals surface area contributed by atoms with Crippen LogP contribution in [0.1, 0.15) is 35.6 Å². The number of benzene rings is 3. The van der Waals surface area contributed by atoms with Crippen molar-refractivity contribution in [3.8, 4) is 0 Å². The van der Waals surface area contributed by atoms with Gasteiger partial charge in [-0.25, -0.2) is 8.42 Å². The molecule has 0 aromatic heterocycles. The molecule has 1 N–H and O–H groups in total. The van der Waals surface area contributed by atoms with E-state index in [0.29, 0.717) is 11.6 Å². The average Bonchev–Trinajstić information content (AvgIpc) is 2.90. The van der Waals surface area contributed by atoms with Crippen molar-refractivity contribution in [3.05, 3.63) is 100 Å². The Bertz CT molecular complexity index is 1400. The molecule has 0 aliphatic heterocycles. The van der Waals surface area contributed by atoms with Crippen LogP contribution in [-0.4, -0.2) is 50.5 Å². The van der Waals surface area contributed by atoms with Gasteiger partial charge in [0, 0.05) is 24.5 Å². The molecule has 0 bridgehead atoms. The molecule has 0 radical (unpaired) electrons.